The molecule has 0 aliphatic carbocycles. The molecule has 0 bridgehead atoms. The minimum atomic E-state index is -0.915. The fraction of sp³-hybridized carbons (Fsp3) is 0.476. The van der Waals surface area contributed by atoms with Crippen LogP contribution in [0.25, 0.3) is 11.4 Å². The molecule has 148 valence electrons. The Balaban J connectivity index is 1.66. The molecule has 7 heteroatoms. The number of carbonyl (C=O) groups is 2. The third-order valence-electron chi connectivity index (χ3n) is 5.43. The Labute approximate surface area is 163 Å². The molecule has 2 aliphatic rings. The zero-order valence-corrected chi connectivity index (χ0v) is 15.8. The molecule has 0 radical (unpaired) electrons. The lowest BCUT2D eigenvalue weighted by Crippen LogP contribution is -2.46. The smallest absolute Gasteiger partial charge is 0.306 e. The van der Waals surface area contributed by atoms with Gasteiger partial charge in [-0.15, -0.1) is 0 Å². The van der Waals surface area contributed by atoms with Gasteiger partial charge < -0.3 is 19.3 Å². The highest BCUT2D eigenvalue weighted by Gasteiger charge is 2.31. The number of hydrogen-bond donors (Lipinski definition) is 1. The molecule has 3 heterocycles. The van der Waals surface area contributed by atoms with E-state index in [1.54, 1.807) is 4.90 Å². The Morgan fingerprint density at radius 3 is 2.75 bits per heavy atom. The van der Waals surface area contributed by atoms with Gasteiger partial charge in [-0.3, -0.25) is 9.59 Å². The first-order valence-corrected chi connectivity index (χ1v) is 9.91. The number of aliphatic carboxylic acids is 1. The van der Waals surface area contributed by atoms with Gasteiger partial charge in [-0.1, -0.05) is 36.8 Å². The lowest BCUT2D eigenvalue weighted by atomic mass is 10.1. The molecule has 0 unspecified atom stereocenters. The molecular weight excluding hydrogens is 358 g/mol. The van der Waals surface area contributed by atoms with E-state index in [1.165, 1.54) is 0 Å². The van der Waals surface area contributed by atoms with Gasteiger partial charge in [0.25, 0.3) is 5.91 Å². The first-order chi connectivity index (χ1) is 13.6. The fourth-order valence-corrected chi connectivity index (χ4v) is 4.07. The van der Waals surface area contributed by atoms with Gasteiger partial charge in [0, 0.05) is 25.2 Å². The molecule has 1 aromatic heterocycles. The number of carboxylic acid groups (broad SMARTS) is 1. The van der Waals surface area contributed by atoms with Gasteiger partial charge in [-0.2, -0.15) is 0 Å². The van der Waals surface area contributed by atoms with Crippen LogP contribution in [-0.2, 0) is 22.5 Å². The Bertz CT molecular complexity index is 862. The molecule has 1 amide bonds. The Morgan fingerprint density at radius 2 is 1.96 bits per heavy atom. The molecule has 2 aromatic rings. The molecule has 28 heavy (non-hydrogen) atoms. The molecule has 1 atom stereocenters. The van der Waals surface area contributed by atoms with Crippen molar-refractivity contribution in [2.75, 3.05) is 19.7 Å². The molecular formula is C21H25N3O4. The normalized spacial score (nSPS) is 19.7. The van der Waals surface area contributed by atoms with E-state index in [0.29, 0.717) is 18.8 Å². The van der Waals surface area contributed by atoms with Crippen molar-refractivity contribution in [2.45, 2.75) is 44.8 Å². The van der Waals surface area contributed by atoms with Gasteiger partial charge in [0.15, 0.2) is 0 Å². The van der Waals surface area contributed by atoms with Crippen LogP contribution >= 0.6 is 0 Å². The summed E-state index contributed by atoms with van der Waals surface area (Å²) >= 11 is 0. The maximum Gasteiger partial charge on any atom is 0.306 e. The summed E-state index contributed by atoms with van der Waals surface area (Å²) in [7, 11) is 0. The van der Waals surface area contributed by atoms with Crippen molar-refractivity contribution >= 4 is 11.9 Å². The number of morpholine rings is 1. The summed E-state index contributed by atoms with van der Waals surface area (Å²) < 4.78 is 7.71. The number of fused-ring (bicyclic) bond motifs is 1. The number of rotatable bonds is 4. The van der Waals surface area contributed by atoms with Crippen molar-refractivity contribution in [1.29, 1.82) is 0 Å². The number of hydrogen-bond acceptors (Lipinski definition) is 4. The molecule has 1 saturated heterocycles. The summed E-state index contributed by atoms with van der Waals surface area (Å²) in [6, 6.07) is 9.97. The highest BCUT2D eigenvalue weighted by atomic mass is 16.5. The summed E-state index contributed by atoms with van der Waals surface area (Å²) in [4.78, 5) is 30.8. The standard InChI is InChI=1S/C21H25N3O4/c25-18(26)13-16-14-23(11-12-28-16)21(27)19-17-9-5-2-6-10-24(17)20(22-19)15-7-3-1-4-8-15/h1,3-4,7-8,16H,2,5-6,9-14H2,(H,25,26)/t16-/m1/s1. The van der Waals surface area contributed by atoms with Gasteiger partial charge in [-0.05, 0) is 19.3 Å². The van der Waals surface area contributed by atoms with Crippen LogP contribution in [0.4, 0.5) is 0 Å². The van der Waals surface area contributed by atoms with Gasteiger partial charge in [0.2, 0.25) is 0 Å². The average molecular weight is 383 g/mol. The minimum absolute atomic E-state index is 0.0969. The van der Waals surface area contributed by atoms with Crippen molar-refractivity contribution in [2.24, 2.45) is 0 Å². The Kier molecular flexibility index (Phi) is 5.43. The molecule has 0 spiro atoms. The largest absolute Gasteiger partial charge is 0.481 e. The van der Waals surface area contributed by atoms with Gasteiger partial charge in [0.05, 0.1) is 24.8 Å². The lowest BCUT2D eigenvalue weighted by molar-refractivity contribution is -0.141. The summed E-state index contributed by atoms with van der Waals surface area (Å²) in [5.41, 5.74) is 2.52. The molecule has 4 rings (SSSR count). The highest BCUT2D eigenvalue weighted by molar-refractivity contribution is 5.94. The van der Waals surface area contributed by atoms with E-state index in [9.17, 15) is 9.59 Å². The maximum atomic E-state index is 13.3. The van der Waals surface area contributed by atoms with E-state index < -0.39 is 12.1 Å². The molecule has 1 fully saturated rings. The van der Waals surface area contributed by atoms with Gasteiger partial charge in [0.1, 0.15) is 11.5 Å². The fourth-order valence-electron chi connectivity index (χ4n) is 4.07. The number of benzene rings is 1. The van der Waals surface area contributed by atoms with E-state index in [0.717, 1.165) is 49.3 Å². The van der Waals surface area contributed by atoms with Crippen LogP contribution in [0.5, 0.6) is 0 Å². The van der Waals surface area contributed by atoms with Crippen LogP contribution in [0.3, 0.4) is 0 Å². The zero-order valence-electron chi connectivity index (χ0n) is 15.8. The van der Waals surface area contributed by atoms with Crippen LogP contribution in [-0.4, -0.2) is 57.2 Å². The first kappa shape index (κ1) is 18.7. The molecule has 2 aliphatic heterocycles. The Morgan fingerprint density at radius 1 is 1.14 bits per heavy atom. The van der Waals surface area contributed by atoms with Crippen LogP contribution in [0.15, 0.2) is 30.3 Å². The highest BCUT2D eigenvalue weighted by Crippen LogP contribution is 2.28. The van der Waals surface area contributed by atoms with Crippen LogP contribution < -0.4 is 0 Å². The number of imidazole rings is 1. The average Bonchev–Trinajstić information content (AvgIpc) is 2.89. The van der Waals surface area contributed by atoms with E-state index in [1.807, 2.05) is 30.3 Å². The second-order valence-electron chi connectivity index (χ2n) is 7.40. The van der Waals surface area contributed by atoms with E-state index >= 15 is 0 Å². The number of aromatic nitrogens is 2. The Hall–Kier alpha value is -2.67. The molecule has 0 saturated carbocycles. The zero-order chi connectivity index (χ0) is 19.5. The summed E-state index contributed by atoms with van der Waals surface area (Å²) in [6.45, 7) is 1.97. The first-order valence-electron chi connectivity index (χ1n) is 9.91. The number of nitrogens with zero attached hydrogens (tertiary/aromatic N) is 3. The predicted octanol–water partition coefficient (Wildman–Crippen LogP) is 2.59. The maximum absolute atomic E-state index is 13.3. The van der Waals surface area contributed by atoms with Crippen molar-refractivity contribution in [3.63, 3.8) is 0 Å². The second-order valence-corrected chi connectivity index (χ2v) is 7.40. The minimum Gasteiger partial charge on any atom is -0.481 e. The molecule has 7 nitrogen and oxygen atoms in total. The van der Waals surface area contributed by atoms with E-state index in [4.69, 9.17) is 14.8 Å². The van der Waals surface area contributed by atoms with Crippen molar-refractivity contribution in [3.8, 4) is 11.4 Å². The van der Waals surface area contributed by atoms with E-state index in [2.05, 4.69) is 4.57 Å². The van der Waals surface area contributed by atoms with Crippen molar-refractivity contribution in [3.05, 3.63) is 41.7 Å². The molecule has 1 aromatic carbocycles. The lowest BCUT2D eigenvalue weighted by Gasteiger charge is -2.32. The molecule has 1 N–H and O–H groups in total. The van der Waals surface area contributed by atoms with Crippen LogP contribution in [0.1, 0.15) is 41.9 Å². The predicted molar refractivity (Wildman–Crippen MR) is 103 cm³/mol. The van der Waals surface area contributed by atoms with Crippen LogP contribution in [0, 0.1) is 0 Å². The quantitative estimate of drug-likeness (QED) is 0.877. The topological polar surface area (TPSA) is 84.7 Å². The number of amides is 1. The monoisotopic (exact) mass is 383 g/mol. The number of ether oxygens (including phenoxy) is 1. The van der Waals surface area contributed by atoms with Crippen molar-refractivity contribution < 1.29 is 19.4 Å². The van der Waals surface area contributed by atoms with E-state index in [-0.39, 0.29) is 18.9 Å². The SMILES string of the molecule is O=C(O)C[C@@H]1CN(C(=O)c2nc(-c3ccccc3)n3c2CCCCC3)CCO1. The van der Waals surface area contributed by atoms with Crippen LogP contribution in [0.2, 0.25) is 0 Å². The van der Waals surface area contributed by atoms with Crippen molar-refractivity contribution in [1.82, 2.24) is 14.5 Å². The summed E-state index contributed by atoms with van der Waals surface area (Å²) in [6.07, 6.45) is 3.54. The number of carboxylic acids is 1. The summed E-state index contributed by atoms with van der Waals surface area (Å²) in [5, 5.41) is 9.03. The summed E-state index contributed by atoms with van der Waals surface area (Å²) in [5.74, 6) is -0.191. The third-order valence-corrected chi connectivity index (χ3v) is 5.43. The second kappa shape index (κ2) is 8.14. The van der Waals surface area contributed by atoms with Gasteiger partial charge in [-0.25, -0.2) is 4.98 Å². The number of carbonyl (C=O) groups excluding carboxylic acids is 1. The van der Waals surface area contributed by atoms with Gasteiger partial charge >= 0.3 is 5.97 Å². The third kappa shape index (κ3) is 3.80.